The molecule has 7 nitrogen and oxygen atoms in total. The van der Waals surface area contributed by atoms with Gasteiger partial charge >= 0.3 is 5.97 Å². The summed E-state index contributed by atoms with van der Waals surface area (Å²) < 4.78 is 0. The molecule has 4 N–H and O–H groups in total. The molecule has 0 unspecified atom stereocenters. The van der Waals surface area contributed by atoms with Crippen molar-refractivity contribution in [3.05, 3.63) is 0 Å². The fourth-order valence-corrected chi connectivity index (χ4v) is 1.28. The maximum absolute atomic E-state index is 11.3. The van der Waals surface area contributed by atoms with Crippen LogP contribution in [0, 0.1) is 0 Å². The second-order valence-electron chi connectivity index (χ2n) is 3.74. The molecule has 98 valence electrons. The summed E-state index contributed by atoms with van der Waals surface area (Å²) >= 11 is 0. The highest BCUT2D eigenvalue weighted by molar-refractivity contribution is 5.86. The molecule has 0 radical (unpaired) electrons. The van der Waals surface area contributed by atoms with Gasteiger partial charge in [0.25, 0.3) is 5.97 Å². The first-order valence-electron chi connectivity index (χ1n) is 5.30. The number of hydrogen-bond acceptors (Lipinski definition) is 4. The zero-order valence-corrected chi connectivity index (χ0v) is 9.90. The molecule has 0 aliphatic carbocycles. The summed E-state index contributed by atoms with van der Waals surface area (Å²) in [5, 5.41) is 21.4. The minimum atomic E-state index is -1.01. The Labute approximate surface area is 99.2 Å². The van der Waals surface area contributed by atoms with Gasteiger partial charge in [-0.2, -0.15) is 0 Å². The van der Waals surface area contributed by atoms with Gasteiger partial charge in [0, 0.05) is 6.92 Å². The monoisotopic (exact) mass is 246 g/mol. The summed E-state index contributed by atoms with van der Waals surface area (Å²) in [5.74, 6) is -2.06. The molecule has 1 saturated heterocycles. The summed E-state index contributed by atoms with van der Waals surface area (Å²) in [6.07, 6.45) is 1.76. The predicted molar refractivity (Wildman–Crippen MR) is 59.6 cm³/mol. The van der Waals surface area contributed by atoms with E-state index in [1.54, 1.807) is 0 Å². The van der Waals surface area contributed by atoms with Crippen molar-refractivity contribution in [2.24, 2.45) is 0 Å². The van der Waals surface area contributed by atoms with Crippen LogP contribution in [-0.4, -0.2) is 46.7 Å². The first-order valence-corrected chi connectivity index (χ1v) is 5.30. The van der Waals surface area contributed by atoms with E-state index < -0.39 is 18.0 Å². The van der Waals surface area contributed by atoms with E-state index in [9.17, 15) is 9.59 Å². The van der Waals surface area contributed by atoms with E-state index in [0.717, 1.165) is 26.3 Å². The summed E-state index contributed by atoms with van der Waals surface area (Å²) in [6, 6.07) is -1.02. The van der Waals surface area contributed by atoms with Crippen LogP contribution < -0.4 is 10.6 Å². The number of carboxylic acid groups (broad SMARTS) is 2. The Balaban J connectivity index is 0.000000557. The quantitative estimate of drug-likeness (QED) is 0.529. The van der Waals surface area contributed by atoms with Crippen LogP contribution >= 0.6 is 0 Å². The summed E-state index contributed by atoms with van der Waals surface area (Å²) in [7, 11) is 0. The summed E-state index contributed by atoms with van der Waals surface area (Å²) in [6.45, 7) is 3.37. The third-order valence-corrected chi connectivity index (χ3v) is 2.11. The van der Waals surface area contributed by atoms with Gasteiger partial charge in [-0.15, -0.1) is 0 Å². The van der Waals surface area contributed by atoms with E-state index in [-0.39, 0.29) is 11.9 Å². The van der Waals surface area contributed by atoms with Crippen LogP contribution in [0.2, 0.25) is 0 Å². The van der Waals surface area contributed by atoms with Crippen molar-refractivity contribution in [2.75, 3.05) is 6.54 Å². The van der Waals surface area contributed by atoms with Crippen LogP contribution in [-0.2, 0) is 14.4 Å². The second kappa shape index (κ2) is 7.61. The Bertz CT molecular complexity index is 282. The fourth-order valence-electron chi connectivity index (χ4n) is 1.28. The zero-order chi connectivity index (χ0) is 13.4. The van der Waals surface area contributed by atoms with Crippen molar-refractivity contribution in [3.63, 3.8) is 0 Å². The summed E-state index contributed by atoms with van der Waals surface area (Å²) in [5.41, 5.74) is 0. The van der Waals surface area contributed by atoms with Gasteiger partial charge in [-0.3, -0.25) is 14.4 Å². The molecule has 2 atom stereocenters. The van der Waals surface area contributed by atoms with Crippen molar-refractivity contribution >= 4 is 17.8 Å². The van der Waals surface area contributed by atoms with E-state index >= 15 is 0 Å². The molecule has 17 heavy (non-hydrogen) atoms. The van der Waals surface area contributed by atoms with E-state index in [1.165, 1.54) is 6.92 Å². The van der Waals surface area contributed by atoms with Crippen molar-refractivity contribution in [3.8, 4) is 0 Å². The number of carboxylic acids is 2. The molecule has 0 spiro atoms. The molecular weight excluding hydrogens is 228 g/mol. The Morgan fingerprint density at radius 3 is 2.24 bits per heavy atom. The Kier molecular flexibility index (Phi) is 6.88. The van der Waals surface area contributed by atoms with E-state index in [4.69, 9.17) is 15.0 Å². The highest BCUT2D eigenvalue weighted by Crippen LogP contribution is 2.04. The molecule has 0 aromatic heterocycles. The second-order valence-corrected chi connectivity index (χ2v) is 3.74. The Hall–Kier alpha value is -1.63. The van der Waals surface area contributed by atoms with Gasteiger partial charge in [0.05, 0.1) is 6.04 Å². The molecule has 0 aromatic carbocycles. The molecule has 0 bridgehead atoms. The molecule has 1 amide bonds. The molecule has 1 fully saturated rings. The number of hydrogen-bond donors (Lipinski definition) is 4. The third kappa shape index (κ3) is 7.29. The molecule has 0 aromatic rings. The normalized spacial score (nSPS) is 19.8. The molecule has 0 saturated carbocycles. The topological polar surface area (TPSA) is 116 Å². The molecular formula is C10H18N2O5. The van der Waals surface area contributed by atoms with Gasteiger partial charge in [-0.25, -0.2) is 0 Å². The number of nitrogens with one attached hydrogen (secondary N) is 2. The highest BCUT2D eigenvalue weighted by atomic mass is 16.4. The fraction of sp³-hybridized carbons (Fsp3) is 0.700. The maximum Gasteiger partial charge on any atom is 0.325 e. The van der Waals surface area contributed by atoms with Crippen LogP contribution in [0.1, 0.15) is 26.7 Å². The number of rotatable bonds is 3. The lowest BCUT2D eigenvalue weighted by Crippen LogP contribution is -2.46. The Morgan fingerprint density at radius 1 is 1.35 bits per heavy atom. The van der Waals surface area contributed by atoms with Crippen molar-refractivity contribution in [1.29, 1.82) is 0 Å². The van der Waals surface area contributed by atoms with Crippen LogP contribution in [0.3, 0.4) is 0 Å². The number of amides is 1. The van der Waals surface area contributed by atoms with Gasteiger partial charge in [0.2, 0.25) is 5.91 Å². The van der Waals surface area contributed by atoms with Crippen molar-refractivity contribution < 1.29 is 24.6 Å². The largest absolute Gasteiger partial charge is 0.481 e. The molecule has 1 aliphatic rings. The molecule has 7 heteroatoms. The summed E-state index contributed by atoms with van der Waals surface area (Å²) in [4.78, 5) is 30.7. The van der Waals surface area contributed by atoms with Gasteiger partial charge in [-0.05, 0) is 26.3 Å². The lowest BCUT2D eigenvalue weighted by Gasteiger charge is -2.13. The smallest absolute Gasteiger partial charge is 0.325 e. The van der Waals surface area contributed by atoms with Crippen LogP contribution in [0.25, 0.3) is 0 Å². The van der Waals surface area contributed by atoms with E-state index in [2.05, 4.69) is 10.6 Å². The lowest BCUT2D eigenvalue weighted by molar-refractivity contribution is -0.141. The predicted octanol–water partition coefficient (Wildman–Crippen LogP) is -0.581. The SMILES string of the molecule is CC(=O)O.C[C@H](NC(=O)[C@@H]1CCCN1)C(=O)O. The number of aliphatic carboxylic acids is 2. The standard InChI is InChI=1S/C8H14N2O3.C2H4O2/c1-5(8(12)13)10-7(11)6-3-2-4-9-6;1-2(3)4/h5-6,9H,2-4H2,1H3,(H,10,11)(H,12,13);1H3,(H,3,4)/t5-,6-;/m0./s1. The van der Waals surface area contributed by atoms with Crippen molar-refractivity contribution in [1.82, 2.24) is 10.6 Å². The average Bonchev–Trinajstić information content (AvgIpc) is 2.68. The van der Waals surface area contributed by atoms with Crippen LogP contribution in [0.15, 0.2) is 0 Å². The Morgan fingerprint density at radius 2 is 1.88 bits per heavy atom. The average molecular weight is 246 g/mol. The van der Waals surface area contributed by atoms with Gasteiger partial charge in [0.15, 0.2) is 0 Å². The maximum atomic E-state index is 11.3. The highest BCUT2D eigenvalue weighted by Gasteiger charge is 2.24. The van der Waals surface area contributed by atoms with E-state index in [0.29, 0.717) is 0 Å². The first kappa shape index (κ1) is 15.4. The zero-order valence-electron chi connectivity index (χ0n) is 9.90. The molecule has 1 aliphatic heterocycles. The van der Waals surface area contributed by atoms with Crippen molar-refractivity contribution in [2.45, 2.75) is 38.8 Å². The minimum absolute atomic E-state index is 0.207. The van der Waals surface area contributed by atoms with Crippen LogP contribution in [0.5, 0.6) is 0 Å². The van der Waals surface area contributed by atoms with Crippen LogP contribution in [0.4, 0.5) is 0 Å². The molecule has 1 rings (SSSR count). The lowest BCUT2D eigenvalue weighted by atomic mass is 10.2. The van der Waals surface area contributed by atoms with Gasteiger partial charge in [-0.1, -0.05) is 0 Å². The van der Waals surface area contributed by atoms with Gasteiger partial charge in [0.1, 0.15) is 6.04 Å². The van der Waals surface area contributed by atoms with Gasteiger partial charge < -0.3 is 20.8 Å². The number of carbonyl (C=O) groups excluding carboxylic acids is 1. The first-order chi connectivity index (χ1) is 7.84. The molecule has 1 heterocycles. The van der Waals surface area contributed by atoms with E-state index in [1.807, 2.05) is 0 Å². The number of carbonyl (C=O) groups is 3. The third-order valence-electron chi connectivity index (χ3n) is 2.11. The minimum Gasteiger partial charge on any atom is -0.481 e.